The van der Waals surface area contributed by atoms with Crippen molar-refractivity contribution in [2.45, 2.75) is 39.2 Å². The summed E-state index contributed by atoms with van der Waals surface area (Å²) in [5, 5.41) is 2.84. The van der Waals surface area contributed by atoms with Crippen LogP contribution in [0.3, 0.4) is 0 Å². The standard InChI is InChI=1S/C22H29N3O5/c1-14(2)25-13-17(12-19(25)26)20(27)23-18-6-4-15(5-7-18)21(28)24-10-8-16(9-11-24)22(29)30-3/h4-7,14,16-17H,8-13H2,1-3H3,(H,23,27). The molecule has 1 N–H and O–H groups in total. The molecule has 3 amide bonds. The minimum atomic E-state index is -0.364. The Kier molecular flexibility index (Phi) is 6.74. The van der Waals surface area contributed by atoms with Crippen LogP contribution in [0.5, 0.6) is 0 Å². The van der Waals surface area contributed by atoms with Gasteiger partial charge >= 0.3 is 5.97 Å². The Morgan fingerprint density at radius 2 is 1.70 bits per heavy atom. The average Bonchev–Trinajstić information content (AvgIpc) is 3.15. The van der Waals surface area contributed by atoms with Crippen LogP contribution in [0.4, 0.5) is 5.69 Å². The lowest BCUT2D eigenvalue weighted by Gasteiger charge is -2.30. The van der Waals surface area contributed by atoms with E-state index in [-0.39, 0.29) is 48.0 Å². The van der Waals surface area contributed by atoms with Crippen LogP contribution >= 0.6 is 0 Å². The highest BCUT2D eigenvalue weighted by molar-refractivity contribution is 5.98. The van der Waals surface area contributed by atoms with Crippen molar-refractivity contribution >= 4 is 29.4 Å². The molecule has 2 saturated heterocycles. The van der Waals surface area contributed by atoms with Crippen LogP contribution < -0.4 is 5.32 Å². The van der Waals surface area contributed by atoms with E-state index in [9.17, 15) is 19.2 Å². The molecule has 30 heavy (non-hydrogen) atoms. The number of benzene rings is 1. The molecule has 3 rings (SSSR count). The van der Waals surface area contributed by atoms with E-state index >= 15 is 0 Å². The number of piperidine rings is 1. The minimum Gasteiger partial charge on any atom is -0.469 e. The highest BCUT2D eigenvalue weighted by atomic mass is 16.5. The molecule has 1 atom stereocenters. The number of anilines is 1. The van der Waals surface area contributed by atoms with Gasteiger partial charge in [-0.25, -0.2) is 0 Å². The number of carbonyl (C=O) groups excluding carboxylic acids is 4. The number of methoxy groups -OCH3 is 1. The molecule has 0 bridgehead atoms. The predicted octanol–water partition coefficient (Wildman–Crippen LogP) is 1.91. The molecule has 1 aromatic carbocycles. The average molecular weight is 415 g/mol. The molecule has 0 spiro atoms. The van der Waals surface area contributed by atoms with Gasteiger partial charge in [-0.1, -0.05) is 0 Å². The van der Waals surface area contributed by atoms with E-state index in [2.05, 4.69) is 5.32 Å². The van der Waals surface area contributed by atoms with Crippen molar-refractivity contribution in [3.05, 3.63) is 29.8 Å². The van der Waals surface area contributed by atoms with Crippen molar-refractivity contribution in [1.82, 2.24) is 9.80 Å². The Labute approximate surface area is 176 Å². The molecule has 1 aromatic rings. The number of hydrogen-bond donors (Lipinski definition) is 1. The summed E-state index contributed by atoms with van der Waals surface area (Å²) in [7, 11) is 1.38. The molecule has 2 fully saturated rings. The number of amides is 3. The summed E-state index contributed by atoms with van der Waals surface area (Å²) in [6.07, 6.45) is 1.42. The maximum absolute atomic E-state index is 12.7. The number of likely N-dealkylation sites (tertiary alicyclic amines) is 2. The maximum atomic E-state index is 12.7. The van der Waals surface area contributed by atoms with Gasteiger partial charge in [0, 0.05) is 43.3 Å². The van der Waals surface area contributed by atoms with Gasteiger partial charge in [0.15, 0.2) is 0 Å². The Bertz CT molecular complexity index is 813. The number of nitrogens with one attached hydrogen (secondary N) is 1. The molecule has 0 radical (unpaired) electrons. The highest BCUT2D eigenvalue weighted by Crippen LogP contribution is 2.23. The van der Waals surface area contributed by atoms with Crippen molar-refractivity contribution in [2.24, 2.45) is 11.8 Å². The zero-order chi connectivity index (χ0) is 21.8. The van der Waals surface area contributed by atoms with Crippen molar-refractivity contribution < 1.29 is 23.9 Å². The number of hydrogen-bond acceptors (Lipinski definition) is 5. The van der Waals surface area contributed by atoms with E-state index in [4.69, 9.17) is 4.74 Å². The SMILES string of the molecule is COC(=O)C1CCN(C(=O)c2ccc(NC(=O)C3CC(=O)N(C(C)C)C3)cc2)CC1. The molecule has 2 heterocycles. The third kappa shape index (κ3) is 4.80. The van der Waals surface area contributed by atoms with Gasteiger partial charge in [-0.15, -0.1) is 0 Å². The fourth-order valence-electron chi connectivity index (χ4n) is 4.01. The second-order valence-corrected chi connectivity index (χ2v) is 8.20. The van der Waals surface area contributed by atoms with Gasteiger partial charge in [0.25, 0.3) is 5.91 Å². The van der Waals surface area contributed by atoms with Crippen molar-refractivity contribution in [3.8, 4) is 0 Å². The highest BCUT2D eigenvalue weighted by Gasteiger charge is 2.35. The summed E-state index contributed by atoms with van der Waals surface area (Å²) >= 11 is 0. The molecule has 8 heteroatoms. The Balaban J connectivity index is 1.54. The molecule has 0 aliphatic carbocycles. The summed E-state index contributed by atoms with van der Waals surface area (Å²) < 4.78 is 4.78. The van der Waals surface area contributed by atoms with E-state index in [0.29, 0.717) is 43.7 Å². The topological polar surface area (TPSA) is 96.0 Å². The van der Waals surface area contributed by atoms with Crippen LogP contribution in [0.25, 0.3) is 0 Å². The van der Waals surface area contributed by atoms with Crippen molar-refractivity contribution in [3.63, 3.8) is 0 Å². The molecule has 2 aliphatic heterocycles. The lowest BCUT2D eigenvalue weighted by Crippen LogP contribution is -2.40. The third-order valence-electron chi connectivity index (χ3n) is 5.87. The van der Waals surface area contributed by atoms with Gasteiger partial charge < -0.3 is 19.9 Å². The molecule has 1 unspecified atom stereocenters. The van der Waals surface area contributed by atoms with Gasteiger partial charge in [0.2, 0.25) is 11.8 Å². The number of ether oxygens (including phenoxy) is 1. The van der Waals surface area contributed by atoms with E-state index in [0.717, 1.165) is 0 Å². The maximum Gasteiger partial charge on any atom is 0.308 e. The minimum absolute atomic E-state index is 0.00191. The van der Waals surface area contributed by atoms with E-state index in [1.165, 1.54) is 7.11 Å². The van der Waals surface area contributed by atoms with E-state index in [1.807, 2.05) is 13.8 Å². The summed E-state index contributed by atoms with van der Waals surface area (Å²) in [4.78, 5) is 52.3. The van der Waals surface area contributed by atoms with E-state index in [1.54, 1.807) is 34.1 Å². The first-order valence-corrected chi connectivity index (χ1v) is 10.4. The van der Waals surface area contributed by atoms with Gasteiger partial charge in [-0.2, -0.15) is 0 Å². The zero-order valence-corrected chi connectivity index (χ0v) is 17.7. The Morgan fingerprint density at radius 3 is 2.23 bits per heavy atom. The Hall–Kier alpha value is -2.90. The molecule has 8 nitrogen and oxygen atoms in total. The first-order valence-electron chi connectivity index (χ1n) is 10.4. The lowest BCUT2D eigenvalue weighted by molar-refractivity contribution is -0.146. The molecule has 0 aromatic heterocycles. The number of nitrogens with zero attached hydrogens (tertiary/aromatic N) is 2. The van der Waals surface area contributed by atoms with Crippen molar-refractivity contribution in [2.75, 3.05) is 32.1 Å². The number of esters is 1. The van der Waals surface area contributed by atoms with Crippen LogP contribution in [-0.2, 0) is 19.1 Å². The fourth-order valence-corrected chi connectivity index (χ4v) is 4.01. The summed E-state index contributed by atoms with van der Waals surface area (Å²) in [5.41, 5.74) is 1.13. The second kappa shape index (κ2) is 9.28. The van der Waals surface area contributed by atoms with Crippen LogP contribution in [0, 0.1) is 11.8 Å². The molecular formula is C22H29N3O5. The van der Waals surface area contributed by atoms with Gasteiger partial charge in [0.05, 0.1) is 18.9 Å². The quantitative estimate of drug-likeness (QED) is 0.741. The monoisotopic (exact) mass is 415 g/mol. The van der Waals surface area contributed by atoms with Crippen molar-refractivity contribution in [1.29, 1.82) is 0 Å². The summed E-state index contributed by atoms with van der Waals surface area (Å²) in [6.45, 7) is 5.33. The fraction of sp³-hybridized carbons (Fsp3) is 0.545. The molecule has 162 valence electrons. The molecule has 0 saturated carbocycles. The summed E-state index contributed by atoms with van der Waals surface area (Å²) in [5.74, 6) is -1.01. The molecule has 2 aliphatic rings. The lowest BCUT2D eigenvalue weighted by atomic mass is 9.96. The largest absolute Gasteiger partial charge is 0.469 e. The zero-order valence-electron chi connectivity index (χ0n) is 17.7. The third-order valence-corrected chi connectivity index (χ3v) is 5.87. The van der Waals surface area contributed by atoms with Gasteiger partial charge in [0.1, 0.15) is 0 Å². The van der Waals surface area contributed by atoms with Gasteiger partial charge in [-0.05, 0) is 51.0 Å². The predicted molar refractivity (Wildman–Crippen MR) is 111 cm³/mol. The number of rotatable bonds is 5. The second-order valence-electron chi connectivity index (χ2n) is 8.20. The first-order chi connectivity index (χ1) is 14.3. The molecular weight excluding hydrogens is 386 g/mol. The Morgan fingerprint density at radius 1 is 1.07 bits per heavy atom. The van der Waals surface area contributed by atoms with Crippen LogP contribution in [0.15, 0.2) is 24.3 Å². The van der Waals surface area contributed by atoms with Crippen LogP contribution in [-0.4, -0.2) is 66.3 Å². The van der Waals surface area contributed by atoms with Crippen LogP contribution in [0.2, 0.25) is 0 Å². The van der Waals surface area contributed by atoms with Crippen LogP contribution in [0.1, 0.15) is 43.5 Å². The smallest absolute Gasteiger partial charge is 0.308 e. The van der Waals surface area contributed by atoms with E-state index < -0.39 is 0 Å². The van der Waals surface area contributed by atoms with Gasteiger partial charge in [-0.3, -0.25) is 19.2 Å². The normalized spacial score (nSPS) is 19.9. The summed E-state index contributed by atoms with van der Waals surface area (Å²) in [6, 6.07) is 6.85. The first kappa shape index (κ1) is 21.8. The number of carbonyl (C=O) groups is 4.